The molecule has 1 aromatic carbocycles. The SMILES string of the molecule is O=C(OCc1cc(=O)n2cc(Br)ccc2n1)c1ccc(N2CCCC2)c([N+](=O)[O-])c1. The van der Waals surface area contributed by atoms with Gasteiger partial charge in [0, 0.05) is 35.9 Å². The van der Waals surface area contributed by atoms with Crippen LogP contribution in [0.3, 0.4) is 0 Å². The largest absolute Gasteiger partial charge is 0.456 e. The van der Waals surface area contributed by atoms with Crippen molar-refractivity contribution in [3.63, 3.8) is 0 Å². The molecule has 0 N–H and O–H groups in total. The molecule has 9 nitrogen and oxygen atoms in total. The molecule has 4 rings (SSSR count). The number of rotatable bonds is 5. The van der Waals surface area contributed by atoms with Crippen molar-refractivity contribution in [2.45, 2.75) is 19.4 Å². The summed E-state index contributed by atoms with van der Waals surface area (Å²) in [6.45, 7) is 1.29. The van der Waals surface area contributed by atoms with E-state index < -0.39 is 10.9 Å². The van der Waals surface area contributed by atoms with Crippen LogP contribution in [0.4, 0.5) is 11.4 Å². The van der Waals surface area contributed by atoms with Crippen LogP contribution in [-0.2, 0) is 11.3 Å². The lowest BCUT2D eigenvalue weighted by Crippen LogP contribution is -2.19. The van der Waals surface area contributed by atoms with E-state index in [1.165, 1.54) is 22.6 Å². The number of hydrogen-bond donors (Lipinski definition) is 0. The summed E-state index contributed by atoms with van der Waals surface area (Å²) in [5, 5.41) is 11.5. The van der Waals surface area contributed by atoms with Gasteiger partial charge in [-0.15, -0.1) is 0 Å². The first-order valence-electron chi connectivity index (χ1n) is 9.31. The van der Waals surface area contributed by atoms with E-state index >= 15 is 0 Å². The topological polar surface area (TPSA) is 107 Å². The Hall–Kier alpha value is -3.27. The van der Waals surface area contributed by atoms with Crippen LogP contribution in [0, 0.1) is 10.1 Å². The lowest BCUT2D eigenvalue weighted by atomic mass is 10.1. The predicted molar refractivity (Wildman–Crippen MR) is 113 cm³/mol. The lowest BCUT2D eigenvalue weighted by Gasteiger charge is -2.17. The van der Waals surface area contributed by atoms with Gasteiger partial charge < -0.3 is 9.64 Å². The average Bonchev–Trinajstić information content (AvgIpc) is 3.27. The van der Waals surface area contributed by atoms with Crippen molar-refractivity contribution in [2.24, 2.45) is 0 Å². The van der Waals surface area contributed by atoms with Gasteiger partial charge in [0.25, 0.3) is 11.2 Å². The average molecular weight is 473 g/mol. The Morgan fingerprint density at radius 3 is 2.70 bits per heavy atom. The molecule has 2 aromatic heterocycles. The van der Waals surface area contributed by atoms with Gasteiger partial charge in [0.15, 0.2) is 0 Å². The third-order valence-electron chi connectivity index (χ3n) is 4.88. The summed E-state index contributed by atoms with van der Waals surface area (Å²) in [6.07, 6.45) is 3.56. The Labute approximate surface area is 179 Å². The summed E-state index contributed by atoms with van der Waals surface area (Å²) < 4.78 is 7.35. The predicted octanol–water partition coefficient (Wildman–Crippen LogP) is 3.32. The molecule has 1 saturated heterocycles. The number of ether oxygens (including phenoxy) is 1. The number of nitro benzene ring substituents is 1. The van der Waals surface area contributed by atoms with Gasteiger partial charge in [-0.05, 0) is 53.0 Å². The number of carbonyl (C=O) groups excluding carboxylic acids is 1. The molecule has 0 unspecified atom stereocenters. The molecule has 0 bridgehead atoms. The molecule has 154 valence electrons. The third kappa shape index (κ3) is 4.04. The maximum absolute atomic E-state index is 12.4. The van der Waals surface area contributed by atoms with Gasteiger partial charge in [-0.1, -0.05) is 0 Å². The summed E-state index contributed by atoms with van der Waals surface area (Å²) >= 11 is 3.30. The van der Waals surface area contributed by atoms with E-state index in [0.29, 0.717) is 17.0 Å². The fraction of sp³-hybridized carbons (Fsp3) is 0.250. The van der Waals surface area contributed by atoms with Gasteiger partial charge in [0.05, 0.1) is 16.2 Å². The summed E-state index contributed by atoms with van der Waals surface area (Å²) in [7, 11) is 0. The summed E-state index contributed by atoms with van der Waals surface area (Å²) in [6, 6.07) is 9.03. The molecule has 0 amide bonds. The van der Waals surface area contributed by atoms with Crippen molar-refractivity contribution in [2.75, 3.05) is 18.0 Å². The van der Waals surface area contributed by atoms with Gasteiger partial charge in [-0.25, -0.2) is 9.78 Å². The zero-order valence-electron chi connectivity index (χ0n) is 15.8. The second-order valence-electron chi connectivity index (χ2n) is 6.89. The molecular weight excluding hydrogens is 456 g/mol. The van der Waals surface area contributed by atoms with Crippen LogP contribution in [0.1, 0.15) is 28.9 Å². The highest BCUT2D eigenvalue weighted by Gasteiger charge is 2.24. The number of nitrogens with zero attached hydrogens (tertiary/aromatic N) is 4. The van der Waals surface area contributed by atoms with Crippen molar-refractivity contribution in [3.05, 3.63) is 78.8 Å². The van der Waals surface area contributed by atoms with Crippen molar-refractivity contribution in [1.82, 2.24) is 9.38 Å². The number of carbonyl (C=O) groups is 1. The molecule has 0 spiro atoms. The second-order valence-corrected chi connectivity index (χ2v) is 7.81. The number of esters is 1. The molecule has 3 aromatic rings. The molecule has 10 heteroatoms. The van der Waals surface area contributed by atoms with E-state index in [1.807, 2.05) is 4.90 Å². The highest BCUT2D eigenvalue weighted by atomic mass is 79.9. The van der Waals surface area contributed by atoms with Gasteiger partial charge in [0.1, 0.15) is 17.9 Å². The summed E-state index contributed by atoms with van der Waals surface area (Å²) in [4.78, 5) is 41.9. The summed E-state index contributed by atoms with van der Waals surface area (Å²) in [5.74, 6) is -0.719. The smallest absolute Gasteiger partial charge is 0.338 e. The number of halogens is 1. The van der Waals surface area contributed by atoms with Crippen LogP contribution < -0.4 is 10.5 Å². The van der Waals surface area contributed by atoms with Crippen LogP contribution in [-0.4, -0.2) is 33.4 Å². The normalized spacial score (nSPS) is 13.6. The molecule has 30 heavy (non-hydrogen) atoms. The summed E-state index contributed by atoms with van der Waals surface area (Å²) in [5.41, 5.74) is 0.855. The number of hydrogen-bond acceptors (Lipinski definition) is 7. The van der Waals surface area contributed by atoms with Gasteiger partial charge in [-0.2, -0.15) is 0 Å². The quantitative estimate of drug-likeness (QED) is 0.318. The number of anilines is 1. The standard InChI is InChI=1S/C20H17BrN4O5/c21-14-4-6-18-22-15(10-19(26)24(18)11-14)12-30-20(27)13-3-5-16(17(9-13)25(28)29)23-7-1-2-8-23/h3-6,9-11H,1-2,7-8,12H2. The number of aromatic nitrogens is 2. The highest BCUT2D eigenvalue weighted by Crippen LogP contribution is 2.31. The number of pyridine rings is 1. The van der Waals surface area contributed by atoms with E-state index in [1.54, 1.807) is 24.4 Å². The molecule has 1 fully saturated rings. The minimum atomic E-state index is -0.719. The molecule has 0 aliphatic carbocycles. The highest BCUT2D eigenvalue weighted by molar-refractivity contribution is 9.10. The Morgan fingerprint density at radius 1 is 1.20 bits per heavy atom. The fourth-order valence-electron chi connectivity index (χ4n) is 3.44. The third-order valence-corrected chi connectivity index (χ3v) is 5.35. The Bertz CT molecular complexity index is 1200. The van der Waals surface area contributed by atoms with E-state index in [0.717, 1.165) is 30.4 Å². The first-order chi connectivity index (χ1) is 14.4. The number of benzene rings is 1. The lowest BCUT2D eigenvalue weighted by molar-refractivity contribution is -0.384. The van der Waals surface area contributed by atoms with E-state index in [4.69, 9.17) is 4.74 Å². The number of fused-ring (bicyclic) bond motifs is 1. The van der Waals surface area contributed by atoms with Crippen LogP contribution in [0.25, 0.3) is 5.65 Å². The molecule has 1 aliphatic rings. The van der Waals surface area contributed by atoms with Crippen LogP contribution >= 0.6 is 15.9 Å². The van der Waals surface area contributed by atoms with Crippen molar-refractivity contribution >= 4 is 38.9 Å². The first kappa shape index (κ1) is 20.0. The second kappa shape index (κ2) is 8.23. The Balaban J connectivity index is 1.53. The number of nitro groups is 1. The van der Waals surface area contributed by atoms with Gasteiger partial charge in [-0.3, -0.25) is 19.3 Å². The Kier molecular flexibility index (Phi) is 5.49. The molecule has 0 radical (unpaired) electrons. The fourth-order valence-corrected chi connectivity index (χ4v) is 3.78. The van der Waals surface area contributed by atoms with Crippen LogP contribution in [0.5, 0.6) is 0 Å². The minimum Gasteiger partial charge on any atom is -0.456 e. The van der Waals surface area contributed by atoms with Crippen molar-refractivity contribution < 1.29 is 14.5 Å². The van der Waals surface area contributed by atoms with Gasteiger partial charge in [0.2, 0.25) is 0 Å². The molecule has 3 heterocycles. The molecule has 0 saturated carbocycles. The maximum atomic E-state index is 12.4. The van der Waals surface area contributed by atoms with Crippen LogP contribution in [0.15, 0.2) is 51.9 Å². The maximum Gasteiger partial charge on any atom is 0.338 e. The minimum absolute atomic E-state index is 0.0751. The molecule has 0 atom stereocenters. The molecule has 1 aliphatic heterocycles. The monoisotopic (exact) mass is 472 g/mol. The van der Waals surface area contributed by atoms with Crippen LogP contribution in [0.2, 0.25) is 0 Å². The van der Waals surface area contributed by atoms with Gasteiger partial charge >= 0.3 is 5.97 Å². The van der Waals surface area contributed by atoms with E-state index in [2.05, 4.69) is 20.9 Å². The Morgan fingerprint density at radius 2 is 1.97 bits per heavy atom. The zero-order chi connectivity index (χ0) is 21.3. The van der Waals surface area contributed by atoms with E-state index in [9.17, 15) is 19.7 Å². The zero-order valence-corrected chi connectivity index (χ0v) is 17.4. The van der Waals surface area contributed by atoms with E-state index in [-0.39, 0.29) is 23.4 Å². The first-order valence-corrected chi connectivity index (χ1v) is 10.1. The van der Waals surface area contributed by atoms with Crippen molar-refractivity contribution in [3.8, 4) is 0 Å². The van der Waals surface area contributed by atoms with Crippen molar-refractivity contribution in [1.29, 1.82) is 0 Å². The molecular formula is C20H17BrN4O5.